The van der Waals surface area contributed by atoms with E-state index in [-0.39, 0.29) is 25.9 Å². The summed E-state index contributed by atoms with van der Waals surface area (Å²) in [6.45, 7) is 6.78. The van der Waals surface area contributed by atoms with E-state index in [1.54, 1.807) is 30.3 Å². The Kier molecular flexibility index (Phi) is 6.45. The summed E-state index contributed by atoms with van der Waals surface area (Å²) in [7, 11) is -3.59. The molecule has 1 aliphatic heterocycles. The second-order valence-corrected chi connectivity index (χ2v) is 12.5. The molecular formula is C28H35N3O5S. The zero-order valence-electron chi connectivity index (χ0n) is 21.2. The number of hydrogen-bond donors (Lipinski definition) is 2. The van der Waals surface area contributed by atoms with Gasteiger partial charge in [-0.2, -0.15) is 0 Å². The van der Waals surface area contributed by atoms with Crippen molar-refractivity contribution >= 4 is 21.7 Å². The van der Waals surface area contributed by atoms with Crippen molar-refractivity contribution < 1.29 is 25.5 Å². The van der Waals surface area contributed by atoms with Gasteiger partial charge in [-0.3, -0.25) is 4.79 Å². The van der Waals surface area contributed by atoms with Crippen LogP contribution in [0, 0.1) is 5.41 Å². The topological polar surface area (TPSA) is 107 Å². The number of pyridine rings is 1. The summed E-state index contributed by atoms with van der Waals surface area (Å²) in [6, 6.07) is 17.6. The minimum absolute atomic E-state index is 0. The highest BCUT2D eigenvalue weighted by Crippen LogP contribution is 2.51. The lowest BCUT2D eigenvalue weighted by atomic mass is 9.93. The third-order valence-electron chi connectivity index (χ3n) is 6.73. The van der Waals surface area contributed by atoms with Crippen LogP contribution in [0.3, 0.4) is 0 Å². The SMILES string of the molecule is CC(C)(C)CCNS(=O)(=O)c1ccc(-c2cccc(NC(=O)C3(c4ccc5c(c4)OCO5)CC3)n2)cc1.[HH].[HH]. The van der Waals surface area contributed by atoms with E-state index in [9.17, 15) is 13.2 Å². The molecule has 2 heterocycles. The first kappa shape index (κ1) is 25.2. The maximum Gasteiger partial charge on any atom is 0.240 e. The lowest BCUT2D eigenvalue weighted by Crippen LogP contribution is -2.28. The van der Waals surface area contributed by atoms with Gasteiger partial charge in [0.25, 0.3) is 0 Å². The lowest BCUT2D eigenvalue weighted by Gasteiger charge is -2.18. The molecule has 1 amide bonds. The number of sulfonamides is 1. The van der Waals surface area contributed by atoms with Crippen LogP contribution in [0.1, 0.15) is 48.5 Å². The molecule has 0 saturated heterocycles. The Morgan fingerprint density at radius 3 is 2.46 bits per heavy atom. The van der Waals surface area contributed by atoms with E-state index < -0.39 is 15.4 Å². The predicted molar refractivity (Wildman–Crippen MR) is 145 cm³/mol. The average molecular weight is 526 g/mol. The normalized spacial score (nSPS) is 15.9. The van der Waals surface area contributed by atoms with E-state index in [0.717, 1.165) is 30.4 Å². The van der Waals surface area contributed by atoms with E-state index in [1.807, 2.05) is 30.3 Å². The maximum absolute atomic E-state index is 13.3. The number of amides is 1. The smallest absolute Gasteiger partial charge is 0.240 e. The van der Waals surface area contributed by atoms with Gasteiger partial charge in [-0.25, -0.2) is 18.1 Å². The fourth-order valence-electron chi connectivity index (χ4n) is 4.32. The van der Waals surface area contributed by atoms with Crippen molar-refractivity contribution in [2.75, 3.05) is 18.7 Å². The molecule has 1 fully saturated rings. The van der Waals surface area contributed by atoms with Crippen LogP contribution in [0.4, 0.5) is 5.82 Å². The Hall–Kier alpha value is -3.43. The Morgan fingerprint density at radius 2 is 1.76 bits per heavy atom. The fraction of sp³-hybridized carbons (Fsp3) is 0.357. The third kappa shape index (κ3) is 5.47. The monoisotopic (exact) mass is 525 g/mol. The minimum Gasteiger partial charge on any atom is -0.454 e. The molecule has 2 aliphatic rings. The number of nitrogens with zero attached hydrogens (tertiary/aromatic N) is 1. The van der Waals surface area contributed by atoms with E-state index in [4.69, 9.17) is 9.47 Å². The van der Waals surface area contributed by atoms with Gasteiger partial charge in [0.2, 0.25) is 22.7 Å². The number of ether oxygens (including phenoxy) is 2. The Bertz CT molecular complexity index is 1440. The first-order chi connectivity index (χ1) is 17.6. The van der Waals surface area contributed by atoms with E-state index in [2.05, 4.69) is 35.8 Å². The van der Waals surface area contributed by atoms with Crippen molar-refractivity contribution in [3.8, 4) is 22.8 Å². The molecule has 0 atom stereocenters. The van der Waals surface area contributed by atoms with Crippen LogP contribution in [-0.2, 0) is 20.2 Å². The molecule has 9 heteroatoms. The maximum atomic E-state index is 13.3. The zero-order valence-corrected chi connectivity index (χ0v) is 22.0. The molecule has 37 heavy (non-hydrogen) atoms. The summed E-state index contributed by atoms with van der Waals surface area (Å²) in [5.74, 6) is 1.68. The van der Waals surface area contributed by atoms with Crippen LogP contribution in [0.15, 0.2) is 65.6 Å². The zero-order chi connectivity index (χ0) is 26.3. The van der Waals surface area contributed by atoms with Gasteiger partial charge >= 0.3 is 0 Å². The molecule has 2 N–H and O–H groups in total. The van der Waals surface area contributed by atoms with Crippen molar-refractivity contribution in [3.63, 3.8) is 0 Å². The lowest BCUT2D eigenvalue weighted by molar-refractivity contribution is -0.118. The molecule has 1 aromatic heterocycles. The van der Waals surface area contributed by atoms with Gasteiger partial charge in [0, 0.05) is 15.0 Å². The fourth-order valence-corrected chi connectivity index (χ4v) is 5.35. The van der Waals surface area contributed by atoms with Gasteiger partial charge in [0.1, 0.15) is 5.82 Å². The van der Waals surface area contributed by atoms with Crippen LogP contribution < -0.4 is 19.5 Å². The average Bonchev–Trinajstić information content (AvgIpc) is 3.54. The minimum atomic E-state index is -3.59. The second kappa shape index (κ2) is 9.46. The van der Waals surface area contributed by atoms with Crippen molar-refractivity contribution in [3.05, 3.63) is 66.2 Å². The summed E-state index contributed by atoms with van der Waals surface area (Å²) in [4.78, 5) is 18.1. The molecule has 8 nitrogen and oxygen atoms in total. The van der Waals surface area contributed by atoms with Gasteiger partial charge in [-0.1, -0.05) is 45.0 Å². The Labute approximate surface area is 220 Å². The molecule has 0 unspecified atom stereocenters. The van der Waals surface area contributed by atoms with Crippen molar-refractivity contribution in [2.45, 2.75) is 50.3 Å². The highest BCUT2D eigenvalue weighted by molar-refractivity contribution is 7.89. The Morgan fingerprint density at radius 1 is 1.03 bits per heavy atom. The molecular weight excluding hydrogens is 490 g/mol. The number of carbonyl (C=O) groups excluding carboxylic acids is 1. The van der Waals surface area contributed by atoms with E-state index >= 15 is 0 Å². The van der Waals surface area contributed by atoms with E-state index in [0.29, 0.717) is 29.6 Å². The van der Waals surface area contributed by atoms with Crippen LogP contribution >= 0.6 is 0 Å². The number of nitrogens with one attached hydrogen (secondary N) is 2. The van der Waals surface area contributed by atoms with Gasteiger partial charge in [-0.15, -0.1) is 0 Å². The molecule has 1 saturated carbocycles. The summed E-state index contributed by atoms with van der Waals surface area (Å²) in [5, 5.41) is 2.96. The van der Waals surface area contributed by atoms with Crippen molar-refractivity contribution in [1.82, 2.24) is 9.71 Å². The number of carbonyl (C=O) groups is 1. The van der Waals surface area contributed by atoms with Crippen molar-refractivity contribution in [2.24, 2.45) is 5.41 Å². The van der Waals surface area contributed by atoms with Crippen LogP contribution in [0.2, 0.25) is 0 Å². The number of anilines is 1. The van der Waals surface area contributed by atoms with Gasteiger partial charge in [-0.05, 0) is 66.6 Å². The summed E-state index contributed by atoms with van der Waals surface area (Å²) < 4.78 is 38.8. The molecule has 0 bridgehead atoms. The number of fused-ring (bicyclic) bond motifs is 1. The molecule has 3 aromatic rings. The van der Waals surface area contributed by atoms with Gasteiger partial charge < -0.3 is 14.8 Å². The van der Waals surface area contributed by atoms with Gasteiger partial charge in [0.15, 0.2) is 11.5 Å². The van der Waals surface area contributed by atoms with E-state index in [1.165, 1.54) is 0 Å². The van der Waals surface area contributed by atoms with Crippen molar-refractivity contribution in [1.29, 1.82) is 0 Å². The first-order valence-corrected chi connectivity index (χ1v) is 13.8. The molecule has 2 aromatic carbocycles. The molecule has 0 spiro atoms. The highest BCUT2D eigenvalue weighted by Gasteiger charge is 2.51. The summed E-state index contributed by atoms with van der Waals surface area (Å²) in [6.07, 6.45) is 2.23. The quantitative estimate of drug-likeness (QED) is 0.410. The number of hydrogen-bond acceptors (Lipinski definition) is 6. The van der Waals surface area contributed by atoms with Crippen LogP contribution in [-0.4, -0.2) is 32.6 Å². The third-order valence-corrected chi connectivity index (χ3v) is 8.20. The van der Waals surface area contributed by atoms with Gasteiger partial charge in [0.05, 0.1) is 16.0 Å². The number of rotatable bonds is 8. The highest BCUT2D eigenvalue weighted by atomic mass is 32.2. The predicted octanol–water partition coefficient (Wildman–Crippen LogP) is 5.35. The molecule has 198 valence electrons. The summed E-state index contributed by atoms with van der Waals surface area (Å²) >= 11 is 0. The molecule has 1 aliphatic carbocycles. The Balaban J connectivity index is 0.00000210. The molecule has 5 rings (SSSR count). The van der Waals surface area contributed by atoms with Crippen LogP contribution in [0.5, 0.6) is 11.5 Å². The summed E-state index contributed by atoms with van der Waals surface area (Å²) in [5.41, 5.74) is 1.73. The first-order valence-electron chi connectivity index (χ1n) is 12.3. The number of benzene rings is 2. The van der Waals surface area contributed by atoms with Crippen LogP contribution in [0.25, 0.3) is 11.3 Å². The largest absolute Gasteiger partial charge is 0.454 e. The standard InChI is InChI=1S/C28H31N3O5S.2H2/c1-27(2,3)15-16-29-37(33,34)21-10-7-19(8-11-21)22-5-4-6-25(30-22)31-26(32)28(13-14-28)20-9-12-23-24(17-20)36-18-35-23;;/h4-12,17,29H,13-16,18H2,1-3H3,(H,30,31,32);2*1H. The molecule has 0 radical (unpaired) electrons. The second-order valence-electron chi connectivity index (χ2n) is 10.7. The number of aromatic nitrogens is 1.